The molecule has 1 atom stereocenters. The third kappa shape index (κ3) is 5.25. The SMILES string of the molecule is CCC(CC)c1cc(CNC(=NC)NC2CCN(c3ccc(F)cc3F)C2)on1. The van der Waals surface area contributed by atoms with Crippen LogP contribution in [0.25, 0.3) is 0 Å². The van der Waals surface area contributed by atoms with Gasteiger partial charge in [0.1, 0.15) is 11.6 Å². The lowest BCUT2D eigenvalue weighted by Gasteiger charge is -2.20. The van der Waals surface area contributed by atoms with Crippen LogP contribution in [0.15, 0.2) is 33.8 Å². The summed E-state index contributed by atoms with van der Waals surface area (Å²) in [6.45, 7) is 6.09. The molecule has 1 aromatic heterocycles. The lowest BCUT2D eigenvalue weighted by atomic mass is 9.99. The topological polar surface area (TPSA) is 65.7 Å². The molecular formula is C21H29F2N5O. The number of halogens is 2. The van der Waals surface area contributed by atoms with Crippen LogP contribution >= 0.6 is 0 Å². The Morgan fingerprint density at radius 2 is 2.10 bits per heavy atom. The summed E-state index contributed by atoms with van der Waals surface area (Å²) in [4.78, 5) is 6.17. The van der Waals surface area contributed by atoms with Crippen molar-refractivity contribution < 1.29 is 13.3 Å². The van der Waals surface area contributed by atoms with Crippen LogP contribution in [0.2, 0.25) is 0 Å². The van der Waals surface area contributed by atoms with Gasteiger partial charge < -0.3 is 20.1 Å². The molecule has 0 amide bonds. The number of nitrogens with zero attached hydrogens (tertiary/aromatic N) is 3. The monoisotopic (exact) mass is 405 g/mol. The van der Waals surface area contributed by atoms with Crippen LogP contribution in [0.5, 0.6) is 0 Å². The summed E-state index contributed by atoms with van der Waals surface area (Å²) in [5.41, 5.74) is 1.41. The third-order valence-corrected chi connectivity index (χ3v) is 5.41. The summed E-state index contributed by atoms with van der Waals surface area (Å²) in [5, 5.41) is 10.8. The Bertz CT molecular complexity index is 834. The second-order valence-corrected chi connectivity index (χ2v) is 7.33. The van der Waals surface area contributed by atoms with Gasteiger partial charge in [-0.15, -0.1) is 0 Å². The van der Waals surface area contributed by atoms with Gasteiger partial charge in [-0.1, -0.05) is 19.0 Å². The fourth-order valence-electron chi connectivity index (χ4n) is 3.71. The summed E-state index contributed by atoms with van der Waals surface area (Å²) in [5.74, 6) is 0.727. The van der Waals surface area contributed by atoms with Crippen molar-refractivity contribution in [3.05, 3.63) is 47.4 Å². The Balaban J connectivity index is 1.52. The Kier molecular flexibility index (Phi) is 7.06. The predicted molar refractivity (Wildman–Crippen MR) is 110 cm³/mol. The van der Waals surface area contributed by atoms with E-state index in [1.54, 1.807) is 7.05 Å². The van der Waals surface area contributed by atoms with Crippen molar-refractivity contribution in [2.24, 2.45) is 4.99 Å². The van der Waals surface area contributed by atoms with Crippen LogP contribution in [0, 0.1) is 11.6 Å². The first-order valence-corrected chi connectivity index (χ1v) is 10.2. The number of hydrogen-bond donors (Lipinski definition) is 2. The molecule has 1 unspecified atom stereocenters. The van der Waals surface area contributed by atoms with Crippen LogP contribution in [-0.4, -0.2) is 37.3 Å². The zero-order valence-corrected chi connectivity index (χ0v) is 17.2. The van der Waals surface area contributed by atoms with Gasteiger partial charge in [-0.3, -0.25) is 4.99 Å². The van der Waals surface area contributed by atoms with Crippen LogP contribution in [0.1, 0.15) is 50.5 Å². The van der Waals surface area contributed by atoms with E-state index in [-0.39, 0.29) is 6.04 Å². The molecule has 0 aliphatic carbocycles. The van der Waals surface area contributed by atoms with E-state index in [4.69, 9.17) is 4.52 Å². The number of hydrogen-bond acceptors (Lipinski definition) is 4. The van der Waals surface area contributed by atoms with Gasteiger partial charge in [-0.05, 0) is 31.4 Å². The molecule has 2 heterocycles. The first-order valence-electron chi connectivity index (χ1n) is 10.2. The minimum atomic E-state index is -0.565. The molecule has 158 valence electrons. The number of nitrogens with one attached hydrogen (secondary N) is 2. The maximum Gasteiger partial charge on any atom is 0.191 e. The van der Waals surface area contributed by atoms with Crippen LogP contribution in [-0.2, 0) is 6.54 Å². The largest absolute Gasteiger partial charge is 0.367 e. The molecule has 0 radical (unpaired) electrons. The highest BCUT2D eigenvalue weighted by atomic mass is 19.1. The predicted octanol–water partition coefficient (Wildman–Crippen LogP) is 3.80. The van der Waals surface area contributed by atoms with Crippen molar-refractivity contribution >= 4 is 11.6 Å². The first kappa shape index (κ1) is 21.1. The van der Waals surface area contributed by atoms with E-state index < -0.39 is 11.6 Å². The maximum absolute atomic E-state index is 14.0. The summed E-state index contributed by atoms with van der Waals surface area (Å²) < 4.78 is 32.6. The molecule has 1 aromatic carbocycles. The van der Waals surface area contributed by atoms with Crippen molar-refractivity contribution in [3.8, 4) is 0 Å². The molecule has 3 rings (SSSR count). The molecular weight excluding hydrogens is 376 g/mol. The summed E-state index contributed by atoms with van der Waals surface area (Å²) >= 11 is 0. The molecule has 0 bridgehead atoms. The average Bonchev–Trinajstić information content (AvgIpc) is 3.36. The Hall–Kier alpha value is -2.64. The molecule has 1 saturated heterocycles. The third-order valence-electron chi connectivity index (χ3n) is 5.41. The lowest BCUT2D eigenvalue weighted by Crippen LogP contribution is -2.44. The first-order chi connectivity index (χ1) is 14.0. The number of benzene rings is 1. The van der Waals surface area contributed by atoms with Crippen LogP contribution in [0.4, 0.5) is 14.5 Å². The van der Waals surface area contributed by atoms with Gasteiger partial charge in [0.05, 0.1) is 17.9 Å². The Morgan fingerprint density at radius 3 is 2.79 bits per heavy atom. The van der Waals surface area contributed by atoms with Crippen molar-refractivity contribution in [1.82, 2.24) is 15.8 Å². The molecule has 29 heavy (non-hydrogen) atoms. The normalized spacial score (nSPS) is 17.2. The highest BCUT2D eigenvalue weighted by Gasteiger charge is 2.25. The Morgan fingerprint density at radius 1 is 1.31 bits per heavy atom. The minimum Gasteiger partial charge on any atom is -0.367 e. The minimum absolute atomic E-state index is 0.112. The second-order valence-electron chi connectivity index (χ2n) is 7.33. The second kappa shape index (κ2) is 9.71. The molecule has 2 N–H and O–H groups in total. The van der Waals surface area contributed by atoms with E-state index in [9.17, 15) is 8.78 Å². The van der Waals surface area contributed by atoms with Crippen molar-refractivity contribution in [3.63, 3.8) is 0 Å². The highest BCUT2D eigenvalue weighted by Crippen LogP contribution is 2.24. The zero-order chi connectivity index (χ0) is 20.8. The molecule has 0 saturated carbocycles. The highest BCUT2D eigenvalue weighted by molar-refractivity contribution is 5.80. The number of aromatic nitrogens is 1. The number of guanidine groups is 1. The standard InChI is InChI=1S/C21H29F2N5O/c1-4-14(5-2)19-11-17(29-27-19)12-25-21(24-3)26-16-8-9-28(13-16)20-7-6-15(22)10-18(20)23/h6-7,10-11,14,16H,4-5,8-9,12-13H2,1-3H3,(H2,24,25,26). The average molecular weight is 405 g/mol. The quantitative estimate of drug-likeness (QED) is 0.542. The number of anilines is 1. The smallest absolute Gasteiger partial charge is 0.191 e. The molecule has 0 spiro atoms. The van der Waals surface area contributed by atoms with E-state index in [1.165, 1.54) is 12.1 Å². The molecule has 1 fully saturated rings. The van der Waals surface area contributed by atoms with Crippen molar-refractivity contribution in [1.29, 1.82) is 0 Å². The molecule has 1 aliphatic rings. The molecule has 1 aliphatic heterocycles. The van der Waals surface area contributed by atoms with Gasteiger partial charge in [0.25, 0.3) is 0 Å². The molecule has 2 aromatic rings. The maximum atomic E-state index is 14.0. The van der Waals surface area contributed by atoms with E-state index in [1.807, 2.05) is 11.0 Å². The van der Waals surface area contributed by atoms with E-state index >= 15 is 0 Å². The summed E-state index contributed by atoms with van der Waals surface area (Å²) in [6, 6.07) is 5.80. The lowest BCUT2D eigenvalue weighted by molar-refractivity contribution is 0.368. The van der Waals surface area contributed by atoms with Crippen LogP contribution < -0.4 is 15.5 Å². The fourth-order valence-corrected chi connectivity index (χ4v) is 3.71. The van der Waals surface area contributed by atoms with E-state index in [0.29, 0.717) is 37.2 Å². The zero-order valence-electron chi connectivity index (χ0n) is 17.2. The van der Waals surface area contributed by atoms with Gasteiger partial charge in [0.15, 0.2) is 11.7 Å². The van der Waals surface area contributed by atoms with Crippen LogP contribution in [0.3, 0.4) is 0 Å². The Labute approximate surface area is 170 Å². The van der Waals surface area contributed by atoms with Gasteiger partial charge in [0.2, 0.25) is 0 Å². The summed E-state index contributed by atoms with van der Waals surface area (Å²) in [6.07, 6.45) is 2.90. The van der Waals surface area contributed by atoms with E-state index in [2.05, 4.69) is 34.6 Å². The fraction of sp³-hybridized carbons (Fsp3) is 0.524. The molecule has 6 nitrogen and oxygen atoms in total. The number of aliphatic imine (C=N–C) groups is 1. The van der Waals surface area contributed by atoms with Gasteiger partial charge in [-0.25, -0.2) is 8.78 Å². The summed E-state index contributed by atoms with van der Waals surface area (Å²) in [7, 11) is 1.71. The van der Waals surface area contributed by atoms with Gasteiger partial charge in [0, 0.05) is 44.2 Å². The van der Waals surface area contributed by atoms with Crippen molar-refractivity contribution in [2.75, 3.05) is 25.0 Å². The van der Waals surface area contributed by atoms with Gasteiger partial charge >= 0.3 is 0 Å². The van der Waals surface area contributed by atoms with Crippen molar-refractivity contribution in [2.45, 2.75) is 51.6 Å². The number of rotatable bonds is 7. The molecule has 8 heteroatoms. The van der Waals surface area contributed by atoms with Gasteiger partial charge in [-0.2, -0.15) is 0 Å². The van der Waals surface area contributed by atoms with E-state index in [0.717, 1.165) is 36.8 Å².